The van der Waals surface area contributed by atoms with Crippen molar-refractivity contribution in [3.63, 3.8) is 0 Å². The van der Waals surface area contributed by atoms with E-state index in [1.165, 1.54) is 77.6 Å². The van der Waals surface area contributed by atoms with Gasteiger partial charge in [0.2, 0.25) is 0 Å². The van der Waals surface area contributed by atoms with Gasteiger partial charge < -0.3 is 9.47 Å². The van der Waals surface area contributed by atoms with Crippen LogP contribution >= 0.6 is 0 Å². The van der Waals surface area contributed by atoms with Crippen LogP contribution in [0.15, 0.2) is 224 Å². The van der Waals surface area contributed by atoms with Crippen molar-refractivity contribution >= 4 is 60.9 Å². The van der Waals surface area contributed by atoms with Crippen molar-refractivity contribution in [2.45, 2.75) is 33.6 Å². The first-order valence-electron chi connectivity index (χ1n) is 22.7. The summed E-state index contributed by atoms with van der Waals surface area (Å²) >= 11 is 0. The minimum atomic E-state index is 0.808. The van der Waals surface area contributed by atoms with E-state index < -0.39 is 0 Å². The number of para-hydroxylation sites is 4. The monoisotopic (exact) mass is 838 g/mol. The lowest BCUT2D eigenvalue weighted by Crippen LogP contribution is -2.20. The van der Waals surface area contributed by atoms with Gasteiger partial charge in [-0.05, 0) is 90.4 Å². The molecule has 4 heteroatoms. The summed E-state index contributed by atoms with van der Waals surface area (Å²) in [7, 11) is 0. The Morgan fingerprint density at radius 2 is 1.09 bits per heavy atom. The molecule has 2 aromatic heterocycles. The molecule has 1 aliphatic carbocycles. The van der Waals surface area contributed by atoms with Crippen LogP contribution in [0.1, 0.15) is 37.2 Å². The summed E-state index contributed by atoms with van der Waals surface area (Å²) in [4.78, 5) is 11.5. The maximum Gasteiger partial charge on any atom is 0.126 e. The number of aromatic nitrogens is 3. The number of allylic oxidation sites excluding steroid dienone is 1. The van der Waals surface area contributed by atoms with Crippen LogP contribution in [-0.4, -0.2) is 14.5 Å². The predicted molar refractivity (Wildman–Crippen MR) is 276 cm³/mol. The van der Waals surface area contributed by atoms with Crippen molar-refractivity contribution in [2.24, 2.45) is 0 Å². The highest BCUT2D eigenvalue weighted by Crippen LogP contribution is 2.44. The van der Waals surface area contributed by atoms with Crippen molar-refractivity contribution in [3.05, 3.63) is 241 Å². The molecule has 2 heterocycles. The predicted octanol–water partition coefficient (Wildman–Crippen LogP) is 16.4. The van der Waals surface area contributed by atoms with Crippen LogP contribution in [-0.2, 0) is 6.42 Å². The third-order valence-electron chi connectivity index (χ3n) is 12.2. The molecule has 0 aliphatic heterocycles. The number of aryl methyl sites for hydroxylation is 2. The molecule has 0 saturated heterocycles. The second-order valence-corrected chi connectivity index (χ2v) is 16.1. The number of anilines is 2. The number of hydrogen-bond acceptors (Lipinski definition) is 3. The minimum Gasteiger partial charge on any atom is -0.313 e. The number of benzene rings is 9. The normalized spacial score (nSPS) is 11.9. The van der Waals surface area contributed by atoms with E-state index >= 15 is 0 Å². The average molecular weight is 839 g/mol. The molecule has 0 saturated carbocycles. The van der Waals surface area contributed by atoms with Crippen molar-refractivity contribution in [1.82, 2.24) is 14.5 Å². The van der Waals surface area contributed by atoms with E-state index in [0.717, 1.165) is 40.8 Å². The smallest absolute Gasteiger partial charge is 0.126 e. The highest BCUT2D eigenvalue weighted by atomic mass is 15.2. The maximum absolute atomic E-state index is 4.56. The van der Waals surface area contributed by atoms with Crippen LogP contribution in [0.2, 0.25) is 0 Å². The number of fused-ring (bicyclic) bond motifs is 6. The van der Waals surface area contributed by atoms with E-state index in [2.05, 4.69) is 208 Å². The number of rotatable bonds is 6. The van der Waals surface area contributed by atoms with E-state index in [0.29, 0.717) is 0 Å². The fourth-order valence-electron chi connectivity index (χ4n) is 9.35. The Morgan fingerprint density at radius 3 is 1.94 bits per heavy atom. The second-order valence-electron chi connectivity index (χ2n) is 16.1. The first-order chi connectivity index (χ1) is 32.2. The van der Waals surface area contributed by atoms with Gasteiger partial charge in [0.25, 0.3) is 0 Å². The van der Waals surface area contributed by atoms with Crippen molar-refractivity contribution in [3.8, 4) is 28.1 Å². The molecular formula is C61H50N4. The summed E-state index contributed by atoms with van der Waals surface area (Å²) in [5, 5.41) is 6.12. The molecule has 0 amide bonds. The van der Waals surface area contributed by atoms with Crippen LogP contribution < -0.4 is 4.90 Å². The molecule has 0 radical (unpaired) electrons. The summed E-state index contributed by atoms with van der Waals surface area (Å²) < 4.78 is 2.40. The Kier molecular flexibility index (Phi) is 11.6. The van der Waals surface area contributed by atoms with Gasteiger partial charge in [-0.3, -0.25) is 0 Å². The van der Waals surface area contributed by atoms with Crippen molar-refractivity contribution < 1.29 is 0 Å². The van der Waals surface area contributed by atoms with Gasteiger partial charge in [0.1, 0.15) is 5.82 Å². The summed E-state index contributed by atoms with van der Waals surface area (Å²) in [5.74, 6) is 0.808. The van der Waals surface area contributed by atoms with Gasteiger partial charge in [-0.1, -0.05) is 190 Å². The van der Waals surface area contributed by atoms with Gasteiger partial charge in [0, 0.05) is 44.1 Å². The standard InChI is InChI=1S/C44H32N2.C15H12N2.C2H6/c1-2-17-35(18-3-1)45-43-23-11-9-21-39(43)40-28-26-34(30-44(40)45)38-20-8-10-22-41(38)46(36-27-25-31-13-4-5-15-33(31)29-36)42-24-12-16-32-14-6-7-19-37(32)42;1-11-16-14-10-6-5-9-13(14)15(17-11)12-7-3-2-4-8-12;1-2/h1-24,26,28-30H,25,27H2;2-10H,1H3;1-2H3. The van der Waals surface area contributed by atoms with E-state index in [4.69, 9.17) is 0 Å². The Bertz CT molecular complexity index is 3470. The Balaban J connectivity index is 0.000000219. The van der Waals surface area contributed by atoms with Crippen LogP contribution in [0, 0.1) is 6.92 Å². The SMILES string of the molecule is C1=C(N(c2ccccc2-c2ccc3c4ccccc4n(-c4ccccc4)c3c2)c2cccc3ccccc23)CCc2ccccc21.CC.Cc1nc(-c2ccccc2)c2ccccc2n1. The van der Waals surface area contributed by atoms with Crippen LogP contribution in [0.25, 0.3) is 77.6 Å². The molecule has 9 aromatic carbocycles. The summed E-state index contributed by atoms with van der Waals surface area (Å²) in [6.07, 6.45) is 4.39. The van der Waals surface area contributed by atoms with E-state index in [1.807, 2.05) is 57.2 Å². The van der Waals surface area contributed by atoms with E-state index in [-0.39, 0.29) is 0 Å². The summed E-state index contributed by atoms with van der Waals surface area (Å²) in [5.41, 5.74) is 15.6. The van der Waals surface area contributed by atoms with Gasteiger partial charge in [-0.25, -0.2) is 9.97 Å². The van der Waals surface area contributed by atoms with Gasteiger partial charge in [0.15, 0.2) is 0 Å². The zero-order valence-electron chi connectivity index (χ0n) is 37.1. The van der Waals surface area contributed by atoms with Crippen LogP contribution in [0.5, 0.6) is 0 Å². The average Bonchev–Trinajstić information content (AvgIpc) is 3.71. The first kappa shape index (κ1) is 41.0. The van der Waals surface area contributed by atoms with Crippen molar-refractivity contribution in [2.75, 3.05) is 4.90 Å². The lowest BCUT2D eigenvalue weighted by molar-refractivity contribution is 0.895. The summed E-state index contributed by atoms with van der Waals surface area (Å²) in [6, 6.07) is 77.9. The van der Waals surface area contributed by atoms with Gasteiger partial charge in [-0.15, -0.1) is 0 Å². The first-order valence-corrected chi connectivity index (χ1v) is 22.7. The van der Waals surface area contributed by atoms with Crippen LogP contribution in [0.4, 0.5) is 11.4 Å². The largest absolute Gasteiger partial charge is 0.313 e. The molecule has 314 valence electrons. The molecule has 11 aromatic rings. The molecule has 0 N–H and O–H groups in total. The van der Waals surface area contributed by atoms with Crippen molar-refractivity contribution in [1.29, 1.82) is 0 Å². The molecule has 1 aliphatic rings. The fourth-order valence-corrected chi connectivity index (χ4v) is 9.35. The molecule has 0 unspecified atom stereocenters. The Hall–Kier alpha value is -8.08. The number of nitrogens with zero attached hydrogens (tertiary/aromatic N) is 4. The zero-order chi connectivity index (χ0) is 44.1. The highest BCUT2D eigenvalue weighted by Gasteiger charge is 2.24. The number of hydrogen-bond donors (Lipinski definition) is 0. The molecular weight excluding hydrogens is 789 g/mol. The maximum atomic E-state index is 4.56. The third kappa shape index (κ3) is 7.96. The molecule has 0 spiro atoms. The molecule has 0 bridgehead atoms. The minimum absolute atomic E-state index is 0.808. The summed E-state index contributed by atoms with van der Waals surface area (Å²) in [6.45, 7) is 5.93. The van der Waals surface area contributed by atoms with E-state index in [1.54, 1.807) is 0 Å². The van der Waals surface area contributed by atoms with Gasteiger partial charge >= 0.3 is 0 Å². The lowest BCUT2D eigenvalue weighted by atomic mass is 9.93. The second kappa shape index (κ2) is 18.3. The molecule has 65 heavy (non-hydrogen) atoms. The molecule has 0 atom stereocenters. The fraction of sp³-hybridized carbons (Fsp3) is 0.0820. The molecule has 4 nitrogen and oxygen atoms in total. The highest BCUT2D eigenvalue weighted by molar-refractivity contribution is 6.11. The van der Waals surface area contributed by atoms with Gasteiger partial charge in [-0.2, -0.15) is 0 Å². The molecule has 0 fully saturated rings. The quantitative estimate of drug-likeness (QED) is 0.167. The molecule has 12 rings (SSSR count). The zero-order valence-corrected chi connectivity index (χ0v) is 37.1. The lowest BCUT2D eigenvalue weighted by Gasteiger charge is -2.33. The van der Waals surface area contributed by atoms with Crippen LogP contribution in [0.3, 0.4) is 0 Å². The Labute approximate surface area is 381 Å². The van der Waals surface area contributed by atoms with E-state index in [9.17, 15) is 0 Å². The topological polar surface area (TPSA) is 34.0 Å². The van der Waals surface area contributed by atoms with Gasteiger partial charge in [0.05, 0.1) is 33.6 Å². The third-order valence-corrected chi connectivity index (χ3v) is 12.2. The Morgan fingerprint density at radius 1 is 0.462 bits per heavy atom.